The van der Waals surface area contributed by atoms with Crippen LogP contribution in [-0.4, -0.2) is 43.7 Å². The van der Waals surface area contributed by atoms with Crippen molar-refractivity contribution in [3.63, 3.8) is 0 Å². The summed E-state index contributed by atoms with van der Waals surface area (Å²) in [5.74, 6) is -0.0611. The molecule has 7 heteroatoms. The maximum Gasteiger partial charge on any atom is 0.276 e. The van der Waals surface area contributed by atoms with E-state index in [4.69, 9.17) is 11.6 Å². The monoisotopic (exact) mass is 369 g/mol. The van der Waals surface area contributed by atoms with Crippen molar-refractivity contribution in [1.29, 1.82) is 0 Å². The molecule has 1 amide bonds. The van der Waals surface area contributed by atoms with Crippen molar-refractivity contribution < 1.29 is 4.79 Å². The second-order valence-corrected chi connectivity index (χ2v) is 7.13. The zero-order valence-corrected chi connectivity index (χ0v) is 15.6. The molecule has 0 radical (unpaired) electrons. The molecule has 3 aromatic rings. The van der Waals surface area contributed by atoms with Gasteiger partial charge < -0.3 is 4.90 Å². The standard InChI is InChI=1S/C19H20ClN5O/c1-12-16(14-7-6-8-15(20)11-14)18-22-21-17(13(2)25(18)23-12)19(26)24-9-4-3-5-10-24/h6-8,11H,3-5,9-10H2,1-2H3. The second-order valence-electron chi connectivity index (χ2n) is 6.69. The molecule has 3 heterocycles. The number of benzene rings is 1. The van der Waals surface area contributed by atoms with Gasteiger partial charge in [0.25, 0.3) is 5.91 Å². The maximum absolute atomic E-state index is 12.8. The number of carbonyl (C=O) groups is 1. The summed E-state index contributed by atoms with van der Waals surface area (Å²) in [6.45, 7) is 5.36. The Hall–Kier alpha value is -2.47. The van der Waals surface area contributed by atoms with Crippen molar-refractivity contribution in [1.82, 2.24) is 24.7 Å². The summed E-state index contributed by atoms with van der Waals surface area (Å²) in [6, 6.07) is 7.59. The van der Waals surface area contributed by atoms with Crippen LogP contribution < -0.4 is 0 Å². The lowest BCUT2D eigenvalue weighted by molar-refractivity contribution is 0.0715. The molecule has 2 aromatic heterocycles. The fraction of sp³-hybridized carbons (Fsp3) is 0.368. The summed E-state index contributed by atoms with van der Waals surface area (Å²) < 4.78 is 1.72. The third-order valence-electron chi connectivity index (χ3n) is 4.90. The fourth-order valence-electron chi connectivity index (χ4n) is 3.54. The number of nitrogens with zero attached hydrogens (tertiary/aromatic N) is 5. The molecule has 0 aliphatic carbocycles. The molecule has 0 bridgehead atoms. The highest BCUT2D eigenvalue weighted by Crippen LogP contribution is 2.29. The zero-order valence-electron chi connectivity index (χ0n) is 14.9. The highest BCUT2D eigenvalue weighted by Gasteiger charge is 2.24. The lowest BCUT2D eigenvalue weighted by atomic mass is 10.1. The average Bonchev–Trinajstić information content (AvgIpc) is 2.99. The summed E-state index contributed by atoms with van der Waals surface area (Å²) in [5.41, 5.74) is 4.38. The summed E-state index contributed by atoms with van der Waals surface area (Å²) in [7, 11) is 0. The number of likely N-dealkylation sites (tertiary alicyclic amines) is 1. The number of amides is 1. The smallest absolute Gasteiger partial charge is 0.276 e. The van der Waals surface area contributed by atoms with E-state index in [-0.39, 0.29) is 5.91 Å². The molecule has 0 unspecified atom stereocenters. The van der Waals surface area contributed by atoms with Gasteiger partial charge in [0, 0.05) is 18.1 Å². The van der Waals surface area contributed by atoms with Gasteiger partial charge in [0.05, 0.1) is 17.0 Å². The van der Waals surface area contributed by atoms with Crippen LogP contribution in [0.25, 0.3) is 16.8 Å². The number of hydrogen-bond donors (Lipinski definition) is 0. The molecule has 0 saturated carbocycles. The highest BCUT2D eigenvalue weighted by molar-refractivity contribution is 6.30. The number of piperidine rings is 1. The molecule has 1 aromatic carbocycles. The van der Waals surface area contributed by atoms with Crippen molar-refractivity contribution in [3.05, 3.63) is 46.4 Å². The quantitative estimate of drug-likeness (QED) is 0.691. The summed E-state index contributed by atoms with van der Waals surface area (Å²) in [6.07, 6.45) is 3.26. The molecule has 1 aliphatic heterocycles. The summed E-state index contributed by atoms with van der Waals surface area (Å²) in [4.78, 5) is 14.7. The van der Waals surface area contributed by atoms with Gasteiger partial charge in [-0.15, -0.1) is 10.2 Å². The first-order valence-corrected chi connectivity index (χ1v) is 9.22. The Morgan fingerprint density at radius 2 is 1.88 bits per heavy atom. The number of rotatable bonds is 2. The topological polar surface area (TPSA) is 63.4 Å². The highest BCUT2D eigenvalue weighted by atomic mass is 35.5. The molecule has 134 valence electrons. The summed E-state index contributed by atoms with van der Waals surface area (Å²) in [5, 5.41) is 13.9. The Bertz CT molecular complexity index is 991. The van der Waals surface area contributed by atoms with Crippen LogP contribution >= 0.6 is 11.6 Å². The van der Waals surface area contributed by atoms with Gasteiger partial charge in [0.2, 0.25) is 0 Å². The number of aryl methyl sites for hydroxylation is 2. The molecular formula is C19H20ClN5O. The van der Waals surface area contributed by atoms with Gasteiger partial charge in [-0.1, -0.05) is 23.7 Å². The lowest BCUT2D eigenvalue weighted by Crippen LogP contribution is -2.37. The predicted molar refractivity (Wildman–Crippen MR) is 100 cm³/mol. The largest absolute Gasteiger partial charge is 0.337 e. The van der Waals surface area contributed by atoms with E-state index < -0.39 is 0 Å². The van der Waals surface area contributed by atoms with Crippen molar-refractivity contribution in [2.45, 2.75) is 33.1 Å². The summed E-state index contributed by atoms with van der Waals surface area (Å²) >= 11 is 6.14. The van der Waals surface area contributed by atoms with Crippen molar-refractivity contribution in [2.75, 3.05) is 13.1 Å². The van der Waals surface area contributed by atoms with Gasteiger partial charge in [-0.3, -0.25) is 4.79 Å². The number of fused-ring (bicyclic) bond motifs is 1. The molecule has 1 saturated heterocycles. The molecule has 0 atom stereocenters. The molecule has 26 heavy (non-hydrogen) atoms. The predicted octanol–water partition coefficient (Wildman–Crippen LogP) is 3.69. The van der Waals surface area contributed by atoms with Crippen LogP contribution in [0.1, 0.15) is 41.1 Å². The minimum absolute atomic E-state index is 0.0611. The van der Waals surface area contributed by atoms with Crippen LogP contribution in [0.2, 0.25) is 5.02 Å². The van der Waals surface area contributed by atoms with E-state index in [0.29, 0.717) is 22.1 Å². The van der Waals surface area contributed by atoms with Gasteiger partial charge in [-0.05, 0) is 50.8 Å². The zero-order chi connectivity index (χ0) is 18.3. The Balaban J connectivity index is 1.81. The van der Waals surface area contributed by atoms with Gasteiger partial charge >= 0.3 is 0 Å². The van der Waals surface area contributed by atoms with E-state index in [1.807, 2.05) is 43.0 Å². The average molecular weight is 370 g/mol. The normalized spacial score (nSPS) is 14.8. The molecule has 4 rings (SSSR count). The first-order valence-electron chi connectivity index (χ1n) is 8.84. The third kappa shape index (κ3) is 2.84. The van der Waals surface area contributed by atoms with E-state index in [2.05, 4.69) is 15.3 Å². The Labute approximate surface area is 156 Å². The fourth-order valence-corrected chi connectivity index (χ4v) is 3.73. The molecule has 6 nitrogen and oxygen atoms in total. The van der Waals surface area contributed by atoms with Crippen molar-refractivity contribution >= 4 is 23.2 Å². The number of hydrogen-bond acceptors (Lipinski definition) is 4. The van der Waals surface area contributed by atoms with E-state index in [0.717, 1.165) is 42.8 Å². The first-order chi connectivity index (χ1) is 12.6. The number of carbonyl (C=O) groups excluding carboxylic acids is 1. The van der Waals surface area contributed by atoms with Crippen LogP contribution in [0.15, 0.2) is 24.3 Å². The Morgan fingerprint density at radius 3 is 2.62 bits per heavy atom. The van der Waals surface area contributed by atoms with Gasteiger partial charge in [-0.25, -0.2) is 4.52 Å². The van der Waals surface area contributed by atoms with E-state index in [1.54, 1.807) is 4.52 Å². The van der Waals surface area contributed by atoms with Gasteiger partial charge in [0.1, 0.15) is 0 Å². The van der Waals surface area contributed by atoms with Gasteiger partial charge in [-0.2, -0.15) is 5.10 Å². The van der Waals surface area contributed by atoms with Crippen LogP contribution in [0, 0.1) is 13.8 Å². The van der Waals surface area contributed by atoms with Crippen LogP contribution in [0.3, 0.4) is 0 Å². The van der Waals surface area contributed by atoms with E-state index >= 15 is 0 Å². The first kappa shape index (κ1) is 17.0. The van der Waals surface area contributed by atoms with E-state index in [1.165, 1.54) is 6.42 Å². The SMILES string of the molecule is Cc1nn2c(C)c(C(=O)N3CCCCC3)nnc2c1-c1cccc(Cl)c1. The Kier molecular flexibility index (Phi) is 4.36. The molecule has 0 spiro atoms. The Morgan fingerprint density at radius 1 is 1.12 bits per heavy atom. The second kappa shape index (κ2) is 6.68. The maximum atomic E-state index is 12.8. The molecule has 1 fully saturated rings. The van der Waals surface area contributed by atoms with E-state index in [9.17, 15) is 4.79 Å². The van der Waals surface area contributed by atoms with Crippen molar-refractivity contribution in [3.8, 4) is 11.1 Å². The molecular weight excluding hydrogens is 350 g/mol. The lowest BCUT2D eigenvalue weighted by Gasteiger charge is -2.26. The van der Waals surface area contributed by atoms with Gasteiger partial charge in [0.15, 0.2) is 11.3 Å². The minimum atomic E-state index is -0.0611. The molecule has 1 aliphatic rings. The minimum Gasteiger partial charge on any atom is -0.337 e. The van der Waals surface area contributed by atoms with Crippen LogP contribution in [0.5, 0.6) is 0 Å². The van der Waals surface area contributed by atoms with Crippen molar-refractivity contribution in [2.24, 2.45) is 0 Å². The molecule has 0 N–H and O–H groups in total. The number of halogens is 1. The van der Waals surface area contributed by atoms with Crippen LogP contribution in [-0.2, 0) is 0 Å². The van der Waals surface area contributed by atoms with Crippen LogP contribution in [0.4, 0.5) is 0 Å². The third-order valence-corrected chi connectivity index (χ3v) is 5.14. The number of aromatic nitrogens is 4.